The molecule has 3 N–H and O–H groups in total. The van der Waals surface area contributed by atoms with Crippen molar-refractivity contribution >= 4 is 16.8 Å². The highest BCUT2D eigenvalue weighted by atomic mass is 19.3. The van der Waals surface area contributed by atoms with Gasteiger partial charge in [0.2, 0.25) is 5.91 Å². The third-order valence-electron chi connectivity index (χ3n) is 3.61. The number of nitrogens with two attached hydrogens (primary N) is 1. The number of ether oxygens (including phenoxy) is 1. The summed E-state index contributed by atoms with van der Waals surface area (Å²) in [5.74, 6) is -1.43. The fourth-order valence-corrected chi connectivity index (χ4v) is 2.59. The molecule has 1 aromatic heterocycles. The highest BCUT2D eigenvalue weighted by molar-refractivity contribution is 6.05. The van der Waals surface area contributed by atoms with Gasteiger partial charge >= 0.3 is 6.61 Å². The number of primary amides is 1. The molecule has 1 amide bonds. The van der Waals surface area contributed by atoms with E-state index < -0.39 is 18.3 Å². The van der Waals surface area contributed by atoms with Crippen molar-refractivity contribution in [2.75, 3.05) is 0 Å². The predicted octanol–water partition coefficient (Wildman–Crippen LogP) is 3.38. The molecule has 0 atom stereocenters. The van der Waals surface area contributed by atoms with Crippen molar-refractivity contribution in [1.82, 2.24) is 10.2 Å². The zero-order chi connectivity index (χ0) is 17.4. The average Bonchev–Trinajstić information content (AvgIpc) is 2.95. The molecule has 124 valence electrons. The Labute approximate surface area is 134 Å². The monoisotopic (exact) mass is 335 g/mol. The normalized spacial score (nSPS) is 11.2. The summed E-state index contributed by atoms with van der Waals surface area (Å²) in [4.78, 5) is 11.6. The Morgan fingerprint density at radius 3 is 2.71 bits per heavy atom. The summed E-state index contributed by atoms with van der Waals surface area (Å²) in [6.07, 6.45) is 0. The van der Waals surface area contributed by atoms with Crippen LogP contribution in [0.3, 0.4) is 0 Å². The second kappa shape index (κ2) is 5.88. The molecule has 3 aromatic rings. The molecule has 0 aliphatic rings. The lowest BCUT2D eigenvalue weighted by atomic mass is 9.99. The Bertz CT molecular complexity index is 938. The molecule has 0 fully saturated rings. The number of nitrogens with zero attached hydrogens (tertiary/aromatic N) is 1. The van der Waals surface area contributed by atoms with Crippen LogP contribution in [0.5, 0.6) is 5.75 Å². The second-order valence-corrected chi connectivity index (χ2v) is 5.14. The van der Waals surface area contributed by atoms with E-state index in [0.29, 0.717) is 10.9 Å². The van der Waals surface area contributed by atoms with Crippen molar-refractivity contribution < 1.29 is 22.7 Å². The number of hydrogen-bond acceptors (Lipinski definition) is 3. The summed E-state index contributed by atoms with van der Waals surface area (Å²) in [5.41, 5.74) is 6.72. The molecular formula is C16H12F3N3O2. The maximum absolute atomic E-state index is 13.6. The van der Waals surface area contributed by atoms with Crippen LogP contribution in [-0.4, -0.2) is 22.7 Å². The minimum atomic E-state index is -3.00. The van der Waals surface area contributed by atoms with Crippen molar-refractivity contribution in [2.45, 2.75) is 13.5 Å². The molecular weight excluding hydrogens is 323 g/mol. The zero-order valence-corrected chi connectivity index (χ0v) is 12.4. The van der Waals surface area contributed by atoms with Crippen LogP contribution < -0.4 is 10.5 Å². The number of rotatable bonds is 4. The first-order valence-corrected chi connectivity index (χ1v) is 6.90. The van der Waals surface area contributed by atoms with Crippen molar-refractivity contribution in [3.63, 3.8) is 0 Å². The first-order valence-electron chi connectivity index (χ1n) is 6.90. The van der Waals surface area contributed by atoms with Gasteiger partial charge in [-0.2, -0.15) is 13.9 Å². The van der Waals surface area contributed by atoms with Crippen LogP contribution in [0.4, 0.5) is 13.2 Å². The number of hydrogen-bond donors (Lipinski definition) is 2. The lowest BCUT2D eigenvalue weighted by Gasteiger charge is -2.08. The van der Waals surface area contributed by atoms with Gasteiger partial charge in [-0.05, 0) is 36.8 Å². The third kappa shape index (κ3) is 2.66. The lowest BCUT2D eigenvalue weighted by Crippen LogP contribution is -2.12. The number of alkyl halides is 2. The molecule has 1 heterocycles. The number of carbonyl (C=O) groups excluding carboxylic acids is 1. The molecule has 3 rings (SSSR count). The second-order valence-electron chi connectivity index (χ2n) is 5.14. The number of amides is 1. The Morgan fingerprint density at radius 1 is 1.29 bits per heavy atom. The van der Waals surface area contributed by atoms with Crippen LogP contribution in [0.15, 0.2) is 30.3 Å². The van der Waals surface area contributed by atoms with E-state index in [-0.39, 0.29) is 28.1 Å². The van der Waals surface area contributed by atoms with Crippen LogP contribution >= 0.6 is 0 Å². The van der Waals surface area contributed by atoms with Gasteiger partial charge in [-0.25, -0.2) is 4.39 Å². The van der Waals surface area contributed by atoms with E-state index in [4.69, 9.17) is 5.73 Å². The van der Waals surface area contributed by atoms with Crippen molar-refractivity contribution in [3.8, 4) is 17.0 Å². The summed E-state index contributed by atoms with van der Waals surface area (Å²) in [6.45, 7) is -1.27. The summed E-state index contributed by atoms with van der Waals surface area (Å²) < 4.78 is 43.2. The van der Waals surface area contributed by atoms with Gasteiger partial charge < -0.3 is 10.5 Å². The molecule has 8 heteroatoms. The lowest BCUT2D eigenvalue weighted by molar-refractivity contribution is -0.0489. The highest BCUT2D eigenvalue weighted by Crippen LogP contribution is 2.36. The number of H-pyrrole nitrogens is 1. The smallest absolute Gasteiger partial charge is 0.387 e. The maximum Gasteiger partial charge on any atom is 0.387 e. The summed E-state index contributed by atoms with van der Waals surface area (Å²) in [5, 5.41) is 7.10. The number of aryl methyl sites for hydroxylation is 1. The molecule has 0 unspecified atom stereocenters. The topological polar surface area (TPSA) is 81.0 Å². The average molecular weight is 335 g/mol. The van der Waals surface area contributed by atoms with E-state index in [1.165, 1.54) is 12.1 Å². The minimum Gasteiger partial charge on any atom is -0.433 e. The van der Waals surface area contributed by atoms with E-state index in [9.17, 15) is 18.0 Å². The summed E-state index contributed by atoms with van der Waals surface area (Å²) in [7, 11) is 0. The van der Waals surface area contributed by atoms with Crippen LogP contribution in [0, 0.1) is 12.7 Å². The SMILES string of the molecule is Cc1ccc(OC(F)F)c2[nH]nc(-c3cc(F)ccc3C(N)=O)c12. The Hall–Kier alpha value is -3.03. The number of aromatic nitrogens is 2. The summed E-state index contributed by atoms with van der Waals surface area (Å²) >= 11 is 0. The van der Waals surface area contributed by atoms with Gasteiger partial charge in [-0.1, -0.05) is 6.07 Å². The van der Waals surface area contributed by atoms with Crippen LogP contribution in [0.25, 0.3) is 22.2 Å². The highest BCUT2D eigenvalue weighted by Gasteiger charge is 2.20. The van der Waals surface area contributed by atoms with Gasteiger partial charge in [0.15, 0.2) is 5.75 Å². The molecule has 0 aliphatic carbocycles. The van der Waals surface area contributed by atoms with Crippen molar-refractivity contribution in [1.29, 1.82) is 0 Å². The number of aromatic amines is 1. The molecule has 0 bridgehead atoms. The molecule has 0 aliphatic heterocycles. The summed E-state index contributed by atoms with van der Waals surface area (Å²) in [6, 6.07) is 6.43. The van der Waals surface area contributed by atoms with Gasteiger partial charge in [-0.15, -0.1) is 0 Å². The van der Waals surface area contributed by atoms with Crippen molar-refractivity contribution in [2.24, 2.45) is 5.73 Å². The number of halogens is 3. The van der Waals surface area contributed by atoms with E-state index >= 15 is 0 Å². The maximum atomic E-state index is 13.6. The van der Waals surface area contributed by atoms with Crippen LogP contribution in [0.2, 0.25) is 0 Å². The number of nitrogens with one attached hydrogen (secondary N) is 1. The van der Waals surface area contributed by atoms with E-state index in [1.807, 2.05) is 0 Å². The molecule has 0 radical (unpaired) electrons. The molecule has 24 heavy (non-hydrogen) atoms. The molecule has 0 saturated heterocycles. The first kappa shape index (κ1) is 15.9. The Morgan fingerprint density at radius 2 is 2.04 bits per heavy atom. The van der Waals surface area contributed by atoms with Gasteiger partial charge in [0, 0.05) is 16.5 Å². The molecule has 0 spiro atoms. The van der Waals surface area contributed by atoms with Gasteiger partial charge in [0.1, 0.15) is 17.0 Å². The van der Waals surface area contributed by atoms with Gasteiger partial charge in [0.25, 0.3) is 0 Å². The number of carbonyl (C=O) groups is 1. The van der Waals surface area contributed by atoms with E-state index in [2.05, 4.69) is 14.9 Å². The standard InChI is InChI=1S/C16H12F3N3O2/c1-7-2-5-11(24-16(18)19)14-12(7)13(21-22-14)10-6-8(17)3-4-9(10)15(20)23/h2-6,16H,1H3,(H2,20,23)(H,21,22). The molecule has 2 aromatic carbocycles. The largest absolute Gasteiger partial charge is 0.433 e. The first-order chi connectivity index (χ1) is 11.4. The van der Waals surface area contributed by atoms with Gasteiger partial charge in [-0.3, -0.25) is 9.89 Å². The number of benzene rings is 2. The minimum absolute atomic E-state index is 0.0735. The van der Waals surface area contributed by atoms with Crippen LogP contribution in [-0.2, 0) is 0 Å². The predicted molar refractivity (Wildman–Crippen MR) is 81.4 cm³/mol. The quantitative estimate of drug-likeness (QED) is 0.767. The van der Waals surface area contributed by atoms with Crippen LogP contribution in [0.1, 0.15) is 15.9 Å². The fraction of sp³-hybridized carbons (Fsp3) is 0.125. The van der Waals surface area contributed by atoms with Crippen molar-refractivity contribution in [3.05, 3.63) is 47.3 Å². The third-order valence-corrected chi connectivity index (χ3v) is 3.61. The fourth-order valence-electron chi connectivity index (χ4n) is 2.59. The number of fused-ring (bicyclic) bond motifs is 1. The Balaban J connectivity index is 2.29. The zero-order valence-electron chi connectivity index (χ0n) is 12.4. The molecule has 5 nitrogen and oxygen atoms in total. The van der Waals surface area contributed by atoms with E-state index in [1.54, 1.807) is 13.0 Å². The van der Waals surface area contributed by atoms with Gasteiger partial charge in [0.05, 0.1) is 0 Å². The van der Waals surface area contributed by atoms with E-state index in [0.717, 1.165) is 12.1 Å². The Kier molecular flexibility index (Phi) is 3.88. The molecule has 0 saturated carbocycles.